The van der Waals surface area contributed by atoms with Gasteiger partial charge >= 0.3 is 5.97 Å². The molecular formula is C23H15BrN2O5. The number of hydrogen-bond donors (Lipinski definition) is 0. The zero-order valence-corrected chi connectivity index (χ0v) is 17.6. The van der Waals surface area contributed by atoms with Gasteiger partial charge in [-0.15, -0.1) is 0 Å². The zero-order chi connectivity index (χ0) is 21.8. The first kappa shape index (κ1) is 20.5. The molecule has 0 unspecified atom stereocenters. The predicted molar refractivity (Wildman–Crippen MR) is 119 cm³/mol. The van der Waals surface area contributed by atoms with Gasteiger partial charge in [0, 0.05) is 16.6 Å². The number of halogens is 1. The molecule has 0 fully saturated rings. The second-order valence-corrected chi connectivity index (χ2v) is 7.45. The van der Waals surface area contributed by atoms with Crippen LogP contribution in [0.4, 0.5) is 5.69 Å². The van der Waals surface area contributed by atoms with Gasteiger partial charge < -0.3 is 9.47 Å². The average molecular weight is 479 g/mol. The average Bonchev–Trinajstić information content (AvgIpc) is 3.13. The van der Waals surface area contributed by atoms with Crippen LogP contribution in [0.5, 0.6) is 5.75 Å². The summed E-state index contributed by atoms with van der Waals surface area (Å²) in [6.07, 6.45) is 1.65. The normalized spacial score (nSPS) is 14.3. The van der Waals surface area contributed by atoms with Crippen molar-refractivity contribution >= 4 is 39.6 Å². The molecule has 0 aliphatic carbocycles. The highest BCUT2D eigenvalue weighted by atomic mass is 79.9. The number of esters is 1. The van der Waals surface area contributed by atoms with Gasteiger partial charge in [0.2, 0.25) is 5.90 Å². The Hall–Kier alpha value is -3.78. The second-order valence-electron chi connectivity index (χ2n) is 6.60. The zero-order valence-electron chi connectivity index (χ0n) is 16.0. The van der Waals surface area contributed by atoms with E-state index in [9.17, 15) is 14.9 Å². The van der Waals surface area contributed by atoms with Gasteiger partial charge in [0.15, 0.2) is 5.70 Å². The van der Waals surface area contributed by atoms with Crippen molar-refractivity contribution in [3.05, 3.63) is 110 Å². The standard InChI is InChI=1S/C23H15BrN2O5/c24-20-4-2-1-3-19(20)22-25-21(23(27)31-22)13-15-7-11-18(12-8-15)30-14-16-5-9-17(10-6-16)26(28)29/h1-13H,14H2/b21-13-. The van der Waals surface area contributed by atoms with E-state index < -0.39 is 10.9 Å². The molecule has 7 nitrogen and oxygen atoms in total. The SMILES string of the molecule is O=C1OC(c2ccccc2Br)=N/C1=C\c1ccc(OCc2ccc([N+](=O)[O-])cc2)cc1. The third-order valence-corrected chi connectivity index (χ3v) is 5.15. The van der Waals surface area contributed by atoms with E-state index in [4.69, 9.17) is 9.47 Å². The number of ether oxygens (including phenoxy) is 2. The fraction of sp³-hybridized carbons (Fsp3) is 0.0435. The Bertz CT molecular complexity index is 1200. The summed E-state index contributed by atoms with van der Waals surface area (Å²) in [4.78, 5) is 26.8. The second kappa shape index (κ2) is 8.93. The number of hydrogen-bond acceptors (Lipinski definition) is 6. The Morgan fingerprint density at radius 2 is 1.74 bits per heavy atom. The van der Waals surface area contributed by atoms with Crippen LogP contribution in [0.3, 0.4) is 0 Å². The number of nitro groups is 1. The largest absolute Gasteiger partial charge is 0.489 e. The smallest absolute Gasteiger partial charge is 0.363 e. The monoisotopic (exact) mass is 478 g/mol. The van der Waals surface area contributed by atoms with Crippen LogP contribution in [0, 0.1) is 10.1 Å². The summed E-state index contributed by atoms with van der Waals surface area (Å²) in [6.45, 7) is 0.282. The van der Waals surface area contributed by atoms with Gasteiger partial charge in [0.25, 0.3) is 5.69 Å². The Kier molecular flexibility index (Phi) is 5.90. The maximum Gasteiger partial charge on any atom is 0.363 e. The molecular weight excluding hydrogens is 464 g/mol. The first-order valence-electron chi connectivity index (χ1n) is 9.23. The molecule has 0 saturated heterocycles. The molecule has 0 amide bonds. The Balaban J connectivity index is 1.43. The molecule has 0 atom stereocenters. The van der Waals surface area contributed by atoms with E-state index in [2.05, 4.69) is 20.9 Å². The maximum atomic E-state index is 12.2. The molecule has 0 bridgehead atoms. The summed E-state index contributed by atoms with van der Waals surface area (Å²) in [5.41, 5.74) is 2.54. The number of nitrogens with zero attached hydrogens (tertiary/aromatic N) is 2. The summed E-state index contributed by atoms with van der Waals surface area (Å²) >= 11 is 3.43. The van der Waals surface area contributed by atoms with E-state index in [0.717, 1.165) is 15.6 Å². The van der Waals surface area contributed by atoms with E-state index in [1.54, 1.807) is 42.5 Å². The quantitative estimate of drug-likeness (QED) is 0.208. The highest BCUT2D eigenvalue weighted by Gasteiger charge is 2.25. The number of benzene rings is 3. The van der Waals surface area contributed by atoms with Gasteiger partial charge in [0.05, 0.1) is 10.5 Å². The minimum absolute atomic E-state index is 0.0389. The molecule has 3 aromatic carbocycles. The van der Waals surface area contributed by atoms with E-state index in [-0.39, 0.29) is 23.9 Å². The van der Waals surface area contributed by atoms with Crippen molar-refractivity contribution in [3.63, 3.8) is 0 Å². The number of carbonyl (C=O) groups excluding carboxylic acids is 1. The Labute approximate surface area is 185 Å². The van der Waals surface area contributed by atoms with E-state index in [1.807, 2.05) is 24.3 Å². The lowest BCUT2D eigenvalue weighted by Crippen LogP contribution is -2.05. The van der Waals surface area contributed by atoms with E-state index in [1.165, 1.54) is 12.1 Å². The summed E-state index contributed by atoms with van der Waals surface area (Å²) < 4.78 is 11.8. The molecule has 0 radical (unpaired) electrons. The number of rotatable bonds is 6. The van der Waals surface area contributed by atoms with Crippen molar-refractivity contribution < 1.29 is 19.2 Å². The third-order valence-electron chi connectivity index (χ3n) is 4.46. The van der Waals surface area contributed by atoms with Crippen LogP contribution in [0.2, 0.25) is 0 Å². The van der Waals surface area contributed by atoms with Crippen molar-refractivity contribution in [3.8, 4) is 5.75 Å². The van der Waals surface area contributed by atoms with Crippen molar-refractivity contribution in [1.29, 1.82) is 0 Å². The highest BCUT2D eigenvalue weighted by Crippen LogP contribution is 2.24. The number of aliphatic imine (C=N–C) groups is 1. The van der Waals surface area contributed by atoms with Gasteiger partial charge in [0.1, 0.15) is 12.4 Å². The summed E-state index contributed by atoms with van der Waals surface area (Å²) in [5, 5.41) is 10.7. The molecule has 154 valence electrons. The third kappa shape index (κ3) is 4.87. The van der Waals surface area contributed by atoms with Gasteiger partial charge in [-0.25, -0.2) is 9.79 Å². The van der Waals surface area contributed by atoms with E-state index >= 15 is 0 Å². The van der Waals surface area contributed by atoms with Crippen molar-refractivity contribution in [1.82, 2.24) is 0 Å². The molecule has 0 N–H and O–H groups in total. The lowest BCUT2D eigenvalue weighted by atomic mass is 10.2. The fourth-order valence-electron chi connectivity index (χ4n) is 2.86. The maximum absolute atomic E-state index is 12.2. The van der Waals surface area contributed by atoms with E-state index in [0.29, 0.717) is 11.3 Å². The summed E-state index contributed by atoms with van der Waals surface area (Å²) in [5.74, 6) is 0.378. The molecule has 1 aliphatic heterocycles. The summed E-state index contributed by atoms with van der Waals surface area (Å²) in [7, 11) is 0. The van der Waals surface area contributed by atoms with Crippen LogP contribution in [-0.2, 0) is 16.1 Å². The van der Waals surface area contributed by atoms with Crippen molar-refractivity contribution in [2.75, 3.05) is 0 Å². The lowest BCUT2D eigenvalue weighted by molar-refractivity contribution is -0.384. The Morgan fingerprint density at radius 3 is 2.42 bits per heavy atom. The molecule has 1 aliphatic rings. The van der Waals surface area contributed by atoms with Gasteiger partial charge in [-0.3, -0.25) is 10.1 Å². The minimum atomic E-state index is -0.510. The number of carbonyl (C=O) groups is 1. The fourth-order valence-corrected chi connectivity index (χ4v) is 3.31. The number of cyclic esters (lactones) is 1. The van der Waals surface area contributed by atoms with Crippen LogP contribution in [0.15, 0.2) is 88.0 Å². The van der Waals surface area contributed by atoms with Crippen molar-refractivity contribution in [2.24, 2.45) is 4.99 Å². The minimum Gasteiger partial charge on any atom is -0.489 e. The van der Waals surface area contributed by atoms with Crippen LogP contribution in [-0.4, -0.2) is 16.8 Å². The molecule has 0 saturated carbocycles. The van der Waals surface area contributed by atoms with Gasteiger partial charge in [-0.1, -0.05) is 24.3 Å². The van der Waals surface area contributed by atoms with Gasteiger partial charge in [-0.2, -0.15) is 0 Å². The van der Waals surface area contributed by atoms with Crippen LogP contribution in [0.1, 0.15) is 16.7 Å². The number of nitro benzene ring substituents is 1. The molecule has 0 aromatic heterocycles. The molecule has 3 aromatic rings. The molecule has 1 heterocycles. The molecule has 0 spiro atoms. The Morgan fingerprint density at radius 1 is 1.03 bits per heavy atom. The first-order valence-corrected chi connectivity index (χ1v) is 10.0. The van der Waals surface area contributed by atoms with Crippen LogP contribution < -0.4 is 4.74 Å². The number of non-ortho nitro benzene ring substituents is 1. The first-order chi connectivity index (χ1) is 15.0. The predicted octanol–water partition coefficient (Wildman–Crippen LogP) is 5.28. The molecule has 31 heavy (non-hydrogen) atoms. The van der Waals surface area contributed by atoms with Gasteiger partial charge in [-0.05, 0) is 69.5 Å². The molecule has 4 rings (SSSR count). The highest BCUT2D eigenvalue weighted by molar-refractivity contribution is 9.10. The topological polar surface area (TPSA) is 91.0 Å². The molecule has 8 heteroatoms. The lowest BCUT2D eigenvalue weighted by Gasteiger charge is -2.06. The van der Waals surface area contributed by atoms with Crippen LogP contribution >= 0.6 is 15.9 Å². The van der Waals surface area contributed by atoms with Crippen LogP contribution in [0.25, 0.3) is 6.08 Å². The summed E-state index contributed by atoms with van der Waals surface area (Å²) in [6, 6.07) is 20.7. The van der Waals surface area contributed by atoms with Crippen molar-refractivity contribution in [2.45, 2.75) is 6.61 Å².